The predicted molar refractivity (Wildman–Crippen MR) is 84.6 cm³/mol. The summed E-state index contributed by atoms with van der Waals surface area (Å²) in [4.78, 5) is 24.4. The van der Waals surface area contributed by atoms with Gasteiger partial charge in [0.05, 0.1) is 13.7 Å². The molecule has 1 N–H and O–H groups in total. The molecular weight excluding hydrogens is 284 g/mol. The Hall–Kier alpha value is -1.66. The second-order valence-electron chi connectivity index (χ2n) is 5.12. The molecule has 0 aliphatic heterocycles. The van der Waals surface area contributed by atoms with Gasteiger partial charge in [0.2, 0.25) is 0 Å². The SMILES string of the molecule is CCn1c(C)c(C(=O)CNCCCOC)c(C)c1C(=O)OC. The third kappa shape index (κ3) is 3.96. The molecule has 22 heavy (non-hydrogen) atoms. The second kappa shape index (κ2) is 8.70. The van der Waals surface area contributed by atoms with E-state index in [0.29, 0.717) is 30.0 Å². The fourth-order valence-electron chi connectivity index (χ4n) is 2.69. The van der Waals surface area contributed by atoms with Crippen molar-refractivity contribution in [2.45, 2.75) is 33.7 Å². The molecule has 1 aromatic heterocycles. The van der Waals surface area contributed by atoms with Crippen LogP contribution in [0, 0.1) is 13.8 Å². The number of hydrogen-bond donors (Lipinski definition) is 1. The number of methoxy groups -OCH3 is 2. The summed E-state index contributed by atoms with van der Waals surface area (Å²) >= 11 is 0. The highest BCUT2D eigenvalue weighted by Crippen LogP contribution is 2.23. The first kappa shape index (κ1) is 18.4. The van der Waals surface area contributed by atoms with Crippen molar-refractivity contribution in [3.05, 3.63) is 22.5 Å². The van der Waals surface area contributed by atoms with E-state index in [1.54, 1.807) is 14.0 Å². The smallest absolute Gasteiger partial charge is 0.354 e. The summed E-state index contributed by atoms with van der Waals surface area (Å²) in [6.45, 7) is 7.85. The van der Waals surface area contributed by atoms with Crippen molar-refractivity contribution in [1.82, 2.24) is 9.88 Å². The molecule has 0 amide bonds. The fourth-order valence-corrected chi connectivity index (χ4v) is 2.69. The lowest BCUT2D eigenvalue weighted by Gasteiger charge is -2.07. The van der Waals surface area contributed by atoms with Crippen molar-refractivity contribution in [3.63, 3.8) is 0 Å². The molecule has 0 radical (unpaired) electrons. The Balaban J connectivity index is 2.92. The van der Waals surface area contributed by atoms with Gasteiger partial charge in [-0.1, -0.05) is 0 Å². The molecule has 0 aromatic carbocycles. The standard InChI is InChI=1S/C16H26N2O4/c1-6-18-12(3)14(11(2)15(18)16(20)22-5)13(19)10-17-8-7-9-21-4/h17H,6-10H2,1-5H3. The first-order chi connectivity index (χ1) is 10.5. The minimum atomic E-state index is -0.408. The minimum Gasteiger partial charge on any atom is -0.464 e. The molecule has 0 unspecified atom stereocenters. The molecule has 0 saturated carbocycles. The Bertz CT molecular complexity index is 535. The van der Waals surface area contributed by atoms with E-state index in [1.165, 1.54) is 7.11 Å². The number of rotatable bonds is 9. The average molecular weight is 310 g/mol. The summed E-state index contributed by atoms with van der Waals surface area (Å²) in [5, 5.41) is 3.11. The number of nitrogens with zero attached hydrogens (tertiary/aromatic N) is 1. The van der Waals surface area contributed by atoms with E-state index in [0.717, 1.165) is 18.7 Å². The van der Waals surface area contributed by atoms with Crippen LogP contribution in [0.25, 0.3) is 0 Å². The maximum atomic E-state index is 12.5. The van der Waals surface area contributed by atoms with E-state index in [4.69, 9.17) is 9.47 Å². The molecule has 0 aliphatic rings. The van der Waals surface area contributed by atoms with E-state index in [9.17, 15) is 9.59 Å². The molecule has 0 aliphatic carbocycles. The third-order valence-corrected chi connectivity index (χ3v) is 3.73. The molecule has 6 nitrogen and oxygen atoms in total. The van der Waals surface area contributed by atoms with Crippen molar-refractivity contribution in [3.8, 4) is 0 Å². The molecular formula is C16H26N2O4. The van der Waals surface area contributed by atoms with Gasteiger partial charge in [0.15, 0.2) is 5.78 Å². The largest absolute Gasteiger partial charge is 0.464 e. The summed E-state index contributed by atoms with van der Waals surface area (Å²) < 4.78 is 11.6. The number of esters is 1. The van der Waals surface area contributed by atoms with Crippen LogP contribution in [0.3, 0.4) is 0 Å². The number of carbonyl (C=O) groups is 2. The van der Waals surface area contributed by atoms with Crippen LogP contribution in [0.5, 0.6) is 0 Å². The van der Waals surface area contributed by atoms with Crippen LogP contribution in [0.1, 0.15) is 45.4 Å². The quantitative estimate of drug-likeness (QED) is 0.427. The molecule has 1 aromatic rings. The molecule has 6 heteroatoms. The maximum absolute atomic E-state index is 12.5. The number of nitrogens with one attached hydrogen (secondary N) is 1. The van der Waals surface area contributed by atoms with Crippen LogP contribution in [0.2, 0.25) is 0 Å². The van der Waals surface area contributed by atoms with Crippen LogP contribution < -0.4 is 5.32 Å². The maximum Gasteiger partial charge on any atom is 0.354 e. The van der Waals surface area contributed by atoms with Gasteiger partial charge in [-0.2, -0.15) is 0 Å². The molecule has 0 spiro atoms. The third-order valence-electron chi connectivity index (χ3n) is 3.73. The second-order valence-corrected chi connectivity index (χ2v) is 5.12. The van der Waals surface area contributed by atoms with Crippen molar-refractivity contribution < 1.29 is 19.1 Å². The van der Waals surface area contributed by atoms with Crippen LogP contribution in [0.4, 0.5) is 0 Å². The van der Waals surface area contributed by atoms with E-state index < -0.39 is 5.97 Å². The molecule has 1 rings (SSSR count). The Morgan fingerprint density at radius 3 is 2.45 bits per heavy atom. The number of ketones is 1. The lowest BCUT2D eigenvalue weighted by atomic mass is 10.1. The van der Waals surface area contributed by atoms with Gasteiger partial charge >= 0.3 is 5.97 Å². The summed E-state index contributed by atoms with van der Waals surface area (Å²) in [5.41, 5.74) is 2.57. The van der Waals surface area contributed by atoms with E-state index >= 15 is 0 Å². The van der Waals surface area contributed by atoms with Crippen molar-refractivity contribution in [1.29, 1.82) is 0 Å². The van der Waals surface area contributed by atoms with Gasteiger partial charge in [-0.05, 0) is 39.3 Å². The van der Waals surface area contributed by atoms with Gasteiger partial charge in [-0.15, -0.1) is 0 Å². The summed E-state index contributed by atoms with van der Waals surface area (Å²) in [5.74, 6) is -0.417. The molecule has 0 fully saturated rings. The van der Waals surface area contributed by atoms with Gasteiger partial charge in [-0.25, -0.2) is 4.79 Å². The van der Waals surface area contributed by atoms with Gasteiger partial charge in [0, 0.05) is 31.5 Å². The first-order valence-electron chi connectivity index (χ1n) is 7.50. The number of aromatic nitrogens is 1. The van der Waals surface area contributed by atoms with Gasteiger partial charge < -0.3 is 19.4 Å². The van der Waals surface area contributed by atoms with Crippen LogP contribution >= 0.6 is 0 Å². The Kier molecular flexibility index (Phi) is 7.27. The molecule has 124 valence electrons. The van der Waals surface area contributed by atoms with E-state index in [-0.39, 0.29) is 12.3 Å². The highest BCUT2D eigenvalue weighted by molar-refractivity contribution is 6.03. The lowest BCUT2D eigenvalue weighted by Crippen LogP contribution is -2.25. The van der Waals surface area contributed by atoms with Gasteiger partial charge in [0.25, 0.3) is 0 Å². The van der Waals surface area contributed by atoms with E-state index in [1.807, 2.05) is 18.4 Å². The number of ether oxygens (including phenoxy) is 2. The van der Waals surface area contributed by atoms with Crippen molar-refractivity contribution in [2.24, 2.45) is 0 Å². The zero-order chi connectivity index (χ0) is 16.7. The zero-order valence-electron chi connectivity index (χ0n) is 14.1. The van der Waals surface area contributed by atoms with E-state index in [2.05, 4.69) is 5.32 Å². The van der Waals surface area contributed by atoms with Crippen LogP contribution in [-0.2, 0) is 16.0 Å². The van der Waals surface area contributed by atoms with Crippen LogP contribution in [0.15, 0.2) is 0 Å². The monoisotopic (exact) mass is 310 g/mol. The topological polar surface area (TPSA) is 69.6 Å². The summed E-state index contributed by atoms with van der Waals surface area (Å²) in [6.07, 6.45) is 0.852. The zero-order valence-corrected chi connectivity index (χ0v) is 14.1. The highest BCUT2D eigenvalue weighted by atomic mass is 16.5. The lowest BCUT2D eigenvalue weighted by molar-refractivity contribution is 0.0587. The molecule has 1 heterocycles. The summed E-state index contributed by atoms with van der Waals surface area (Å²) in [6, 6.07) is 0. The Morgan fingerprint density at radius 1 is 1.23 bits per heavy atom. The average Bonchev–Trinajstić information content (AvgIpc) is 2.76. The molecule has 0 bridgehead atoms. The molecule has 0 saturated heterocycles. The molecule has 0 atom stereocenters. The van der Waals surface area contributed by atoms with Crippen LogP contribution in [-0.4, -0.2) is 50.2 Å². The predicted octanol–water partition coefficient (Wildman–Crippen LogP) is 1.72. The minimum absolute atomic E-state index is 0.00947. The Labute approximate surface area is 131 Å². The van der Waals surface area contributed by atoms with Gasteiger partial charge in [0.1, 0.15) is 5.69 Å². The first-order valence-corrected chi connectivity index (χ1v) is 7.50. The Morgan fingerprint density at radius 2 is 1.91 bits per heavy atom. The number of carbonyl (C=O) groups excluding carboxylic acids is 2. The normalized spacial score (nSPS) is 10.8. The van der Waals surface area contributed by atoms with Gasteiger partial charge in [-0.3, -0.25) is 4.79 Å². The fraction of sp³-hybridized carbons (Fsp3) is 0.625. The van der Waals surface area contributed by atoms with Crippen molar-refractivity contribution in [2.75, 3.05) is 33.9 Å². The highest BCUT2D eigenvalue weighted by Gasteiger charge is 2.25. The summed E-state index contributed by atoms with van der Waals surface area (Å²) in [7, 11) is 3.00. The number of hydrogen-bond acceptors (Lipinski definition) is 5. The number of Topliss-reactive ketones (excluding diaryl/α,β-unsaturated/α-hetero) is 1. The van der Waals surface area contributed by atoms with Crippen molar-refractivity contribution >= 4 is 11.8 Å².